The molecule has 4 heterocycles. The van der Waals surface area contributed by atoms with Crippen LogP contribution in [0.15, 0.2) is 36.3 Å². The molecule has 57 heavy (non-hydrogen) atoms. The molecule has 20 heteroatoms. The number of aromatic nitrogens is 2. The van der Waals surface area contributed by atoms with Gasteiger partial charge in [-0.3, -0.25) is 28.9 Å². The quantitative estimate of drug-likeness (QED) is 0.161. The summed E-state index contributed by atoms with van der Waals surface area (Å²) < 4.78 is 63.0. The summed E-state index contributed by atoms with van der Waals surface area (Å²) in [6.07, 6.45) is -2.09. The molecule has 3 atom stereocenters. The minimum atomic E-state index is -4.85. The van der Waals surface area contributed by atoms with Crippen LogP contribution in [-0.4, -0.2) is 134 Å². The average molecular weight is 805 g/mol. The van der Waals surface area contributed by atoms with Gasteiger partial charge in [0.15, 0.2) is 0 Å². The van der Waals surface area contributed by atoms with Crippen molar-refractivity contribution >= 4 is 46.9 Å². The first-order chi connectivity index (χ1) is 27.0. The number of nitrogens with two attached hydrogens (primary N) is 1. The third-order valence-electron chi connectivity index (χ3n) is 10.3. The van der Waals surface area contributed by atoms with Gasteiger partial charge in [-0.1, -0.05) is 0 Å². The van der Waals surface area contributed by atoms with Crippen molar-refractivity contribution < 1.29 is 46.3 Å². The van der Waals surface area contributed by atoms with Gasteiger partial charge in [0, 0.05) is 119 Å². The van der Waals surface area contributed by atoms with Crippen LogP contribution in [0, 0.1) is 11.7 Å². The third-order valence-corrected chi connectivity index (χ3v) is 10.3. The number of piperazine rings is 2. The van der Waals surface area contributed by atoms with E-state index in [0.29, 0.717) is 45.2 Å². The molecular weight excluding hydrogens is 756 g/mol. The molecule has 5 rings (SSSR count). The maximum absolute atomic E-state index is 16.0. The van der Waals surface area contributed by atoms with Crippen molar-refractivity contribution in [1.29, 1.82) is 0 Å². The Morgan fingerprint density at radius 3 is 2.26 bits per heavy atom. The highest BCUT2D eigenvalue weighted by atomic mass is 19.4. The molecule has 5 N–H and O–H groups in total. The average Bonchev–Trinajstić information content (AvgIpc) is 3.17. The van der Waals surface area contributed by atoms with Crippen molar-refractivity contribution in [3.63, 3.8) is 0 Å². The van der Waals surface area contributed by atoms with Crippen molar-refractivity contribution in [1.82, 2.24) is 30.4 Å². The monoisotopic (exact) mass is 804 g/mol. The number of nitrogens with one attached hydrogen (secondary N) is 3. The summed E-state index contributed by atoms with van der Waals surface area (Å²) >= 11 is 0. The van der Waals surface area contributed by atoms with E-state index in [1.807, 2.05) is 30.7 Å². The van der Waals surface area contributed by atoms with Crippen LogP contribution in [0.4, 0.5) is 34.9 Å². The number of hydrogen-bond donors (Lipinski definition) is 4. The predicted octanol–water partition coefficient (Wildman–Crippen LogP) is 1.77. The lowest BCUT2D eigenvalue weighted by molar-refractivity contribution is -0.172. The minimum absolute atomic E-state index is 0.00388. The van der Waals surface area contributed by atoms with Crippen LogP contribution < -0.4 is 31.5 Å². The van der Waals surface area contributed by atoms with Crippen LogP contribution in [-0.2, 0) is 28.7 Å². The SMILES string of the molecule is C[C@@H]1CN(c2cc(F)c(-c3cnc(N4CCN(C(=O)CCC(=O)NCCOCCC(N)=O)CC4)nc3)cc2NC(=O)C2=CNC(=O)CC2C(F)(F)F)C[C@H](C)N1C. The Balaban J connectivity index is 1.25. The second-order valence-electron chi connectivity index (χ2n) is 14.4. The molecule has 0 saturated carbocycles. The molecule has 2 saturated heterocycles. The number of benzene rings is 1. The molecule has 0 spiro atoms. The Hall–Kier alpha value is -5.37. The molecule has 310 valence electrons. The zero-order chi connectivity index (χ0) is 41.4. The van der Waals surface area contributed by atoms with Crippen molar-refractivity contribution in [2.24, 2.45) is 11.7 Å². The first-order valence-electron chi connectivity index (χ1n) is 18.7. The predicted molar refractivity (Wildman–Crippen MR) is 201 cm³/mol. The molecule has 0 radical (unpaired) electrons. The number of rotatable bonds is 14. The van der Waals surface area contributed by atoms with Gasteiger partial charge in [-0.2, -0.15) is 13.2 Å². The molecule has 0 bridgehead atoms. The van der Waals surface area contributed by atoms with Crippen LogP contribution in [0.3, 0.4) is 0 Å². The first kappa shape index (κ1) is 42.8. The van der Waals surface area contributed by atoms with Gasteiger partial charge < -0.3 is 41.1 Å². The Morgan fingerprint density at radius 2 is 1.63 bits per heavy atom. The molecule has 2 aromatic rings. The number of carbonyl (C=O) groups excluding carboxylic acids is 5. The zero-order valence-electron chi connectivity index (χ0n) is 32.0. The first-order valence-corrected chi connectivity index (χ1v) is 18.7. The molecular formula is C37H48F4N10O6. The lowest BCUT2D eigenvalue weighted by Gasteiger charge is -2.44. The number of ether oxygens (including phenoxy) is 1. The number of primary amides is 1. The number of alkyl halides is 3. The van der Waals surface area contributed by atoms with Gasteiger partial charge in [0.2, 0.25) is 29.6 Å². The Labute approximate surface area is 327 Å². The fourth-order valence-electron chi connectivity index (χ4n) is 6.85. The number of carbonyl (C=O) groups is 5. The lowest BCUT2D eigenvalue weighted by atomic mass is 9.92. The van der Waals surface area contributed by atoms with Gasteiger partial charge in [0.1, 0.15) is 5.82 Å². The summed E-state index contributed by atoms with van der Waals surface area (Å²) in [6.45, 7) is 7.02. The van der Waals surface area contributed by atoms with Gasteiger partial charge in [-0.25, -0.2) is 14.4 Å². The van der Waals surface area contributed by atoms with E-state index >= 15 is 4.39 Å². The van der Waals surface area contributed by atoms with Crippen LogP contribution in [0.2, 0.25) is 0 Å². The van der Waals surface area contributed by atoms with E-state index in [9.17, 15) is 37.1 Å². The molecule has 16 nitrogen and oxygen atoms in total. The molecule has 5 amide bonds. The number of likely N-dealkylation sites (N-methyl/N-ethyl adjacent to an activating group) is 1. The van der Waals surface area contributed by atoms with Gasteiger partial charge in [-0.05, 0) is 33.0 Å². The third kappa shape index (κ3) is 11.1. The van der Waals surface area contributed by atoms with E-state index in [1.54, 1.807) is 4.90 Å². The van der Waals surface area contributed by atoms with E-state index in [-0.39, 0.29) is 85.4 Å². The minimum Gasteiger partial charge on any atom is -0.379 e. The molecule has 1 aromatic heterocycles. The topological polar surface area (TPSA) is 195 Å². The van der Waals surface area contributed by atoms with Crippen molar-refractivity contribution in [2.75, 3.05) is 81.2 Å². The highest BCUT2D eigenvalue weighted by molar-refractivity contribution is 6.07. The molecule has 1 aromatic carbocycles. The summed E-state index contributed by atoms with van der Waals surface area (Å²) in [5, 5.41) is 7.44. The molecule has 1 unspecified atom stereocenters. The number of anilines is 3. The second-order valence-corrected chi connectivity index (χ2v) is 14.4. The van der Waals surface area contributed by atoms with Crippen LogP contribution >= 0.6 is 0 Å². The normalized spacial score (nSPS) is 20.5. The fraction of sp³-hybridized carbons (Fsp3) is 0.541. The lowest BCUT2D eigenvalue weighted by Crippen LogP contribution is -2.55. The summed E-state index contributed by atoms with van der Waals surface area (Å²) in [7, 11) is 1.96. The standard InChI is InChI=1S/C37H48F4N10O6/c1-22-20-51(21-23(2)48(22)3)30-16-28(38)25(14-29(30)47-35(56)26-19-44-33(54)15-27(26)37(39,40)41)24-17-45-36(46-18-24)50-10-8-49(9-11-50)34(55)5-4-32(53)43-7-13-57-12-6-31(42)52/h14,16-19,22-23,27H,4-13,15,20-21H2,1-3H3,(H2,42,52)(H,43,53)(H,44,54)(H,47,56)/t22-,23+,27?. The molecule has 0 aliphatic carbocycles. The molecule has 3 aliphatic heterocycles. The van der Waals surface area contributed by atoms with Crippen molar-refractivity contribution in [3.05, 3.63) is 42.1 Å². The van der Waals surface area contributed by atoms with Crippen LogP contribution in [0.25, 0.3) is 11.1 Å². The maximum atomic E-state index is 16.0. The Kier molecular flexibility index (Phi) is 14.0. The van der Waals surface area contributed by atoms with Crippen molar-refractivity contribution in [2.45, 2.75) is 57.8 Å². The van der Waals surface area contributed by atoms with E-state index in [0.717, 1.165) is 6.20 Å². The smallest absolute Gasteiger partial charge is 0.379 e. The molecule has 3 aliphatic rings. The number of halogens is 4. The Morgan fingerprint density at radius 1 is 0.965 bits per heavy atom. The van der Waals surface area contributed by atoms with Gasteiger partial charge in [-0.15, -0.1) is 0 Å². The summed E-state index contributed by atoms with van der Waals surface area (Å²) in [5.41, 5.74) is 4.99. The number of nitrogens with zero attached hydrogens (tertiary/aromatic N) is 6. The summed E-state index contributed by atoms with van der Waals surface area (Å²) in [5.74, 6) is -5.55. The van der Waals surface area contributed by atoms with Crippen LogP contribution in [0.5, 0.6) is 0 Å². The highest BCUT2D eigenvalue weighted by Gasteiger charge is 2.47. The van der Waals surface area contributed by atoms with Gasteiger partial charge >= 0.3 is 6.18 Å². The van der Waals surface area contributed by atoms with Crippen LogP contribution in [0.1, 0.15) is 39.5 Å². The second kappa shape index (κ2) is 18.7. The summed E-state index contributed by atoms with van der Waals surface area (Å²) in [6, 6.07) is 2.67. The van der Waals surface area contributed by atoms with E-state index in [4.69, 9.17) is 10.5 Å². The Bertz CT molecular complexity index is 1830. The van der Waals surface area contributed by atoms with E-state index in [1.165, 1.54) is 24.5 Å². The number of amides is 5. The number of hydrogen-bond acceptors (Lipinski definition) is 11. The van der Waals surface area contributed by atoms with Gasteiger partial charge in [0.25, 0.3) is 5.91 Å². The largest absolute Gasteiger partial charge is 0.396 e. The summed E-state index contributed by atoms with van der Waals surface area (Å²) in [4.78, 5) is 77.3. The fourth-order valence-corrected chi connectivity index (χ4v) is 6.85. The van der Waals surface area contributed by atoms with Crippen molar-refractivity contribution in [3.8, 4) is 11.1 Å². The molecule has 2 fully saturated rings. The van der Waals surface area contributed by atoms with E-state index < -0.39 is 47.6 Å². The maximum Gasteiger partial charge on any atom is 0.396 e. The van der Waals surface area contributed by atoms with Gasteiger partial charge in [0.05, 0.1) is 30.5 Å². The van der Waals surface area contributed by atoms with E-state index in [2.05, 4.69) is 30.8 Å². The highest BCUT2D eigenvalue weighted by Crippen LogP contribution is 2.39. The zero-order valence-corrected chi connectivity index (χ0v) is 32.0.